The predicted molar refractivity (Wildman–Crippen MR) is 77.8 cm³/mol. The lowest BCUT2D eigenvalue weighted by molar-refractivity contribution is -0.0125. The highest BCUT2D eigenvalue weighted by atomic mass is 16.5. The van der Waals surface area contributed by atoms with Gasteiger partial charge in [-0.15, -0.1) is 0 Å². The van der Waals surface area contributed by atoms with Crippen molar-refractivity contribution in [1.82, 2.24) is 10.4 Å². The molecular weight excluding hydrogens is 238 g/mol. The molecule has 4 heteroatoms. The Hall–Kier alpha value is -0.940. The number of hydrogen-bond acceptors (Lipinski definition) is 4. The van der Waals surface area contributed by atoms with E-state index in [2.05, 4.69) is 47.7 Å². The fourth-order valence-corrected chi connectivity index (χ4v) is 2.50. The Labute approximate surface area is 115 Å². The Morgan fingerprint density at radius 1 is 1.26 bits per heavy atom. The monoisotopic (exact) mass is 263 g/mol. The van der Waals surface area contributed by atoms with Crippen LogP contribution in [0.5, 0.6) is 0 Å². The summed E-state index contributed by atoms with van der Waals surface area (Å²) in [6.45, 7) is 6.28. The molecule has 1 fully saturated rings. The second-order valence-corrected chi connectivity index (χ2v) is 5.21. The molecule has 2 rings (SSSR count). The molecule has 0 bridgehead atoms. The van der Waals surface area contributed by atoms with Gasteiger partial charge < -0.3 is 10.5 Å². The molecule has 106 valence electrons. The van der Waals surface area contributed by atoms with Crippen LogP contribution in [0.1, 0.15) is 18.9 Å². The van der Waals surface area contributed by atoms with Gasteiger partial charge in [0.25, 0.3) is 0 Å². The van der Waals surface area contributed by atoms with Crippen LogP contribution in [0.3, 0.4) is 0 Å². The summed E-state index contributed by atoms with van der Waals surface area (Å²) in [6.07, 6.45) is 1.97. The van der Waals surface area contributed by atoms with Crippen LogP contribution in [0.15, 0.2) is 30.3 Å². The Morgan fingerprint density at radius 3 is 2.53 bits per heavy atom. The van der Waals surface area contributed by atoms with Crippen LogP contribution in [0.25, 0.3) is 0 Å². The van der Waals surface area contributed by atoms with Crippen molar-refractivity contribution in [3.8, 4) is 0 Å². The van der Waals surface area contributed by atoms with Gasteiger partial charge in [-0.25, -0.2) is 10.4 Å². The molecule has 1 heterocycles. The van der Waals surface area contributed by atoms with E-state index in [0.717, 1.165) is 39.1 Å². The van der Waals surface area contributed by atoms with E-state index in [0.29, 0.717) is 6.54 Å². The smallest absolute Gasteiger partial charge is 0.0608 e. The second-order valence-electron chi connectivity index (χ2n) is 5.21. The first-order valence-electron chi connectivity index (χ1n) is 7.12. The quantitative estimate of drug-likeness (QED) is 0.809. The second kappa shape index (κ2) is 7.01. The van der Waals surface area contributed by atoms with Gasteiger partial charge >= 0.3 is 0 Å². The molecule has 0 aliphatic carbocycles. The molecule has 0 radical (unpaired) electrons. The Balaban J connectivity index is 2.03. The molecule has 1 aromatic rings. The summed E-state index contributed by atoms with van der Waals surface area (Å²) in [5, 5.41) is 2.25. The third-order valence-corrected chi connectivity index (χ3v) is 3.86. The van der Waals surface area contributed by atoms with Crippen molar-refractivity contribution in [1.29, 1.82) is 0 Å². The van der Waals surface area contributed by atoms with Gasteiger partial charge in [-0.05, 0) is 18.4 Å². The summed E-state index contributed by atoms with van der Waals surface area (Å²) < 4.78 is 5.39. The first-order chi connectivity index (χ1) is 9.28. The average Bonchev–Trinajstić information content (AvgIpc) is 2.48. The predicted octanol–water partition coefficient (Wildman–Crippen LogP) is 1.17. The molecule has 1 saturated heterocycles. The zero-order valence-electron chi connectivity index (χ0n) is 11.8. The molecule has 0 aromatic heterocycles. The average molecular weight is 263 g/mol. The maximum absolute atomic E-state index is 6.06. The first kappa shape index (κ1) is 14.5. The zero-order valence-corrected chi connectivity index (χ0v) is 11.8. The highest BCUT2D eigenvalue weighted by Gasteiger charge is 2.29. The van der Waals surface area contributed by atoms with Gasteiger partial charge in [0, 0.05) is 25.2 Å². The fourth-order valence-electron chi connectivity index (χ4n) is 2.50. The zero-order chi connectivity index (χ0) is 13.6. The molecule has 19 heavy (non-hydrogen) atoms. The summed E-state index contributed by atoms with van der Waals surface area (Å²) in [5.74, 6) is 0. The Bertz CT molecular complexity index is 359. The maximum atomic E-state index is 6.06. The molecule has 1 aliphatic rings. The highest BCUT2D eigenvalue weighted by molar-refractivity contribution is 5.18. The number of benzene rings is 1. The van der Waals surface area contributed by atoms with E-state index >= 15 is 0 Å². The standard InChI is InChI=1S/C15H25N3O/c1-2-15(13-16,12-14-6-4-3-5-7-14)17-18-8-10-19-11-9-18/h3-7,17H,2,8-13,16H2,1H3. The fraction of sp³-hybridized carbons (Fsp3) is 0.600. The van der Waals surface area contributed by atoms with E-state index in [1.165, 1.54) is 5.56 Å². The van der Waals surface area contributed by atoms with Crippen LogP contribution >= 0.6 is 0 Å². The molecule has 0 spiro atoms. The lowest BCUT2D eigenvalue weighted by Crippen LogP contribution is -2.61. The van der Waals surface area contributed by atoms with Gasteiger partial charge in [-0.2, -0.15) is 0 Å². The number of ether oxygens (including phenoxy) is 1. The number of hydrazine groups is 1. The van der Waals surface area contributed by atoms with Crippen molar-refractivity contribution >= 4 is 0 Å². The minimum atomic E-state index is -0.0569. The number of rotatable bonds is 6. The molecule has 0 saturated carbocycles. The Kier molecular flexibility index (Phi) is 5.34. The minimum Gasteiger partial charge on any atom is -0.379 e. The van der Waals surface area contributed by atoms with Gasteiger partial charge in [0.15, 0.2) is 0 Å². The van der Waals surface area contributed by atoms with E-state index in [-0.39, 0.29) is 5.54 Å². The minimum absolute atomic E-state index is 0.0569. The summed E-state index contributed by atoms with van der Waals surface area (Å²) in [6, 6.07) is 10.6. The van der Waals surface area contributed by atoms with Crippen molar-refractivity contribution < 1.29 is 4.74 Å². The topological polar surface area (TPSA) is 50.5 Å². The maximum Gasteiger partial charge on any atom is 0.0608 e. The number of nitrogens with zero attached hydrogens (tertiary/aromatic N) is 1. The van der Waals surface area contributed by atoms with E-state index < -0.39 is 0 Å². The first-order valence-corrected chi connectivity index (χ1v) is 7.12. The summed E-state index contributed by atoms with van der Waals surface area (Å²) in [5.41, 5.74) is 11.0. The van der Waals surface area contributed by atoms with E-state index in [1.807, 2.05) is 0 Å². The van der Waals surface area contributed by atoms with Crippen molar-refractivity contribution in [3.05, 3.63) is 35.9 Å². The number of nitrogens with two attached hydrogens (primary N) is 1. The number of hydrogen-bond donors (Lipinski definition) is 2. The molecular formula is C15H25N3O. The third kappa shape index (κ3) is 4.01. The van der Waals surface area contributed by atoms with Gasteiger partial charge in [0.2, 0.25) is 0 Å². The van der Waals surface area contributed by atoms with Gasteiger partial charge in [-0.1, -0.05) is 37.3 Å². The molecule has 4 nitrogen and oxygen atoms in total. The summed E-state index contributed by atoms with van der Waals surface area (Å²) in [4.78, 5) is 0. The highest BCUT2D eigenvalue weighted by Crippen LogP contribution is 2.17. The van der Waals surface area contributed by atoms with E-state index in [4.69, 9.17) is 10.5 Å². The van der Waals surface area contributed by atoms with Crippen molar-refractivity contribution in [3.63, 3.8) is 0 Å². The molecule has 0 amide bonds. The Morgan fingerprint density at radius 2 is 1.95 bits per heavy atom. The van der Waals surface area contributed by atoms with Crippen LogP contribution in [-0.2, 0) is 11.2 Å². The van der Waals surface area contributed by atoms with Crippen LogP contribution in [0.2, 0.25) is 0 Å². The van der Waals surface area contributed by atoms with Gasteiger partial charge in [0.1, 0.15) is 0 Å². The van der Waals surface area contributed by atoms with Crippen LogP contribution in [0.4, 0.5) is 0 Å². The third-order valence-electron chi connectivity index (χ3n) is 3.86. The van der Waals surface area contributed by atoms with E-state index in [1.54, 1.807) is 0 Å². The van der Waals surface area contributed by atoms with Gasteiger partial charge in [-0.3, -0.25) is 0 Å². The largest absolute Gasteiger partial charge is 0.379 e. The van der Waals surface area contributed by atoms with Crippen molar-refractivity contribution in [2.75, 3.05) is 32.8 Å². The summed E-state index contributed by atoms with van der Waals surface area (Å²) >= 11 is 0. The van der Waals surface area contributed by atoms with Gasteiger partial charge in [0.05, 0.1) is 13.2 Å². The molecule has 1 aliphatic heterocycles. The van der Waals surface area contributed by atoms with Crippen LogP contribution < -0.4 is 11.2 Å². The van der Waals surface area contributed by atoms with Crippen molar-refractivity contribution in [2.24, 2.45) is 5.73 Å². The normalized spacial score (nSPS) is 20.1. The molecule has 1 unspecified atom stereocenters. The van der Waals surface area contributed by atoms with E-state index in [9.17, 15) is 0 Å². The van der Waals surface area contributed by atoms with Crippen LogP contribution in [0, 0.1) is 0 Å². The lowest BCUT2D eigenvalue weighted by atomic mass is 9.89. The lowest BCUT2D eigenvalue weighted by Gasteiger charge is -2.40. The van der Waals surface area contributed by atoms with Crippen LogP contribution in [-0.4, -0.2) is 43.4 Å². The number of morpholine rings is 1. The number of nitrogens with one attached hydrogen (secondary N) is 1. The summed E-state index contributed by atoms with van der Waals surface area (Å²) in [7, 11) is 0. The van der Waals surface area contributed by atoms with Crippen molar-refractivity contribution in [2.45, 2.75) is 25.3 Å². The molecule has 1 atom stereocenters. The molecule has 1 aromatic carbocycles. The molecule has 3 N–H and O–H groups in total. The SMILES string of the molecule is CCC(CN)(Cc1ccccc1)NN1CCOCC1.